The van der Waals surface area contributed by atoms with Crippen molar-refractivity contribution in [2.24, 2.45) is 0 Å². The molecule has 1 aromatic heterocycles. The van der Waals surface area contributed by atoms with Crippen molar-refractivity contribution in [3.8, 4) is 0 Å². The average Bonchev–Trinajstić information content (AvgIpc) is 3.02. The second-order valence-electron chi connectivity index (χ2n) is 8.18. The standard InChI is InChI=1S/C21H32N2O2Si/c1-16(2)26(17(3)4,18(5)6)22-13-12-20(14-22)21(15-23(24)25)19-10-8-7-9-11-19/h7-14,16-18,21H,15H2,1-6H3. The van der Waals surface area contributed by atoms with Crippen molar-refractivity contribution in [3.63, 3.8) is 0 Å². The van der Waals surface area contributed by atoms with Gasteiger partial charge in [-0.05, 0) is 46.2 Å². The number of benzene rings is 1. The van der Waals surface area contributed by atoms with Gasteiger partial charge in [0.15, 0.2) is 8.24 Å². The quantitative estimate of drug-likeness (QED) is 0.328. The van der Waals surface area contributed by atoms with Gasteiger partial charge in [0.05, 0.1) is 5.92 Å². The van der Waals surface area contributed by atoms with Crippen LogP contribution in [-0.2, 0) is 0 Å². The van der Waals surface area contributed by atoms with E-state index in [0.29, 0.717) is 16.6 Å². The molecule has 1 aromatic carbocycles. The Balaban J connectivity index is 2.52. The number of nitro groups is 1. The molecule has 0 amide bonds. The summed E-state index contributed by atoms with van der Waals surface area (Å²) in [6.45, 7) is 13.9. The van der Waals surface area contributed by atoms with Crippen LogP contribution >= 0.6 is 0 Å². The van der Waals surface area contributed by atoms with Gasteiger partial charge in [-0.2, -0.15) is 0 Å². The van der Waals surface area contributed by atoms with Gasteiger partial charge in [0, 0.05) is 4.92 Å². The fourth-order valence-corrected chi connectivity index (χ4v) is 11.5. The number of hydrogen-bond acceptors (Lipinski definition) is 2. The van der Waals surface area contributed by atoms with Crippen molar-refractivity contribution in [2.45, 2.75) is 64.1 Å². The molecular weight excluding hydrogens is 340 g/mol. The number of hydrogen-bond donors (Lipinski definition) is 0. The van der Waals surface area contributed by atoms with Crippen LogP contribution in [0.3, 0.4) is 0 Å². The molecule has 0 spiro atoms. The molecule has 0 aliphatic carbocycles. The number of aromatic nitrogens is 1. The summed E-state index contributed by atoms with van der Waals surface area (Å²) in [5.74, 6) is -0.203. The minimum atomic E-state index is -1.82. The Morgan fingerprint density at radius 3 is 1.92 bits per heavy atom. The van der Waals surface area contributed by atoms with E-state index in [1.165, 1.54) is 0 Å². The van der Waals surface area contributed by atoms with Gasteiger partial charge in [0.1, 0.15) is 0 Å². The zero-order valence-electron chi connectivity index (χ0n) is 16.8. The van der Waals surface area contributed by atoms with Crippen LogP contribution in [0.15, 0.2) is 48.8 Å². The fourth-order valence-electron chi connectivity index (χ4n) is 4.99. The van der Waals surface area contributed by atoms with Crippen molar-refractivity contribution in [3.05, 3.63) is 70.0 Å². The highest BCUT2D eigenvalue weighted by atomic mass is 28.3. The van der Waals surface area contributed by atoms with Crippen molar-refractivity contribution < 1.29 is 4.92 Å². The van der Waals surface area contributed by atoms with Gasteiger partial charge in [0.2, 0.25) is 6.54 Å². The fraction of sp³-hybridized carbons (Fsp3) is 0.524. The topological polar surface area (TPSA) is 48.1 Å². The van der Waals surface area contributed by atoms with E-state index in [4.69, 9.17) is 0 Å². The van der Waals surface area contributed by atoms with Gasteiger partial charge in [-0.1, -0.05) is 71.9 Å². The Morgan fingerprint density at radius 2 is 1.46 bits per heavy atom. The lowest BCUT2D eigenvalue weighted by Gasteiger charge is -2.44. The number of nitrogens with zero attached hydrogens (tertiary/aromatic N) is 2. The maximum atomic E-state index is 11.3. The average molecular weight is 373 g/mol. The first-order chi connectivity index (χ1) is 12.2. The molecule has 142 valence electrons. The molecule has 26 heavy (non-hydrogen) atoms. The van der Waals surface area contributed by atoms with Crippen molar-refractivity contribution in [2.75, 3.05) is 6.54 Å². The van der Waals surface area contributed by atoms with Gasteiger partial charge in [-0.15, -0.1) is 0 Å². The number of rotatable bonds is 8. The van der Waals surface area contributed by atoms with Gasteiger partial charge in [-0.25, -0.2) is 0 Å². The largest absolute Gasteiger partial charge is 0.379 e. The summed E-state index contributed by atoms with van der Waals surface area (Å²) in [4.78, 5) is 11.1. The van der Waals surface area contributed by atoms with E-state index in [1.54, 1.807) is 0 Å². The third kappa shape index (κ3) is 3.77. The molecule has 2 rings (SSSR count). The Morgan fingerprint density at radius 1 is 0.923 bits per heavy atom. The molecule has 0 aliphatic rings. The molecule has 1 heterocycles. The van der Waals surface area contributed by atoms with Crippen LogP contribution < -0.4 is 0 Å². The zero-order valence-corrected chi connectivity index (χ0v) is 17.8. The second-order valence-corrected chi connectivity index (χ2v) is 13.9. The van der Waals surface area contributed by atoms with Crippen molar-refractivity contribution in [1.29, 1.82) is 0 Å². The molecule has 4 nitrogen and oxygen atoms in total. The highest BCUT2D eigenvalue weighted by molar-refractivity contribution is 6.82. The van der Waals surface area contributed by atoms with Crippen LogP contribution in [0.1, 0.15) is 58.6 Å². The molecule has 5 heteroatoms. The normalized spacial score (nSPS) is 13.6. The summed E-state index contributed by atoms with van der Waals surface area (Å²) in [5.41, 5.74) is 3.83. The molecule has 1 atom stereocenters. The van der Waals surface area contributed by atoms with E-state index < -0.39 is 8.24 Å². The highest BCUT2D eigenvalue weighted by Gasteiger charge is 2.45. The predicted octanol–water partition coefficient (Wildman–Crippen LogP) is 5.92. The molecule has 0 N–H and O–H groups in total. The second kappa shape index (κ2) is 8.21. The molecule has 0 aliphatic heterocycles. The lowest BCUT2D eigenvalue weighted by atomic mass is 9.93. The minimum absolute atomic E-state index is 0.0758. The Bertz CT molecular complexity index is 701. The van der Waals surface area contributed by atoms with Gasteiger partial charge >= 0.3 is 0 Å². The molecule has 0 bridgehead atoms. The molecule has 2 aromatic rings. The predicted molar refractivity (Wildman–Crippen MR) is 111 cm³/mol. The van der Waals surface area contributed by atoms with Crippen molar-refractivity contribution >= 4 is 8.24 Å². The van der Waals surface area contributed by atoms with Gasteiger partial charge in [0.25, 0.3) is 0 Å². The van der Waals surface area contributed by atoms with E-state index in [1.807, 2.05) is 30.3 Å². The van der Waals surface area contributed by atoms with E-state index >= 15 is 0 Å². The van der Waals surface area contributed by atoms with Crippen LogP contribution in [0, 0.1) is 10.1 Å². The summed E-state index contributed by atoms with van der Waals surface area (Å²) in [5, 5.41) is 11.3. The Kier molecular flexibility index (Phi) is 6.45. The summed E-state index contributed by atoms with van der Waals surface area (Å²) >= 11 is 0. The molecule has 0 saturated heterocycles. The summed E-state index contributed by atoms with van der Waals surface area (Å²) in [7, 11) is -1.82. The highest BCUT2D eigenvalue weighted by Crippen LogP contribution is 2.43. The molecular formula is C21H32N2O2Si. The minimum Gasteiger partial charge on any atom is -0.379 e. The van der Waals surface area contributed by atoms with Crippen LogP contribution in [0.2, 0.25) is 16.6 Å². The Labute approximate surface area is 158 Å². The van der Waals surface area contributed by atoms with Crippen molar-refractivity contribution in [1.82, 2.24) is 4.23 Å². The van der Waals surface area contributed by atoms with Crippen LogP contribution in [0.5, 0.6) is 0 Å². The Hall–Kier alpha value is -1.88. The first kappa shape index (κ1) is 20.4. The monoisotopic (exact) mass is 372 g/mol. The third-order valence-electron chi connectivity index (χ3n) is 5.87. The van der Waals surface area contributed by atoms with E-state index in [9.17, 15) is 10.1 Å². The summed E-state index contributed by atoms with van der Waals surface area (Å²) in [6.07, 6.45) is 4.38. The lowest BCUT2D eigenvalue weighted by molar-refractivity contribution is -0.481. The smallest absolute Gasteiger partial charge is 0.214 e. The SMILES string of the molecule is CC(C)[Si](C(C)C)(C(C)C)n1ccc(C(C[N+](=O)[O-])c2ccccc2)c1. The van der Waals surface area contributed by atoms with E-state index in [0.717, 1.165) is 11.1 Å². The molecule has 0 fully saturated rings. The summed E-state index contributed by atoms with van der Waals surface area (Å²) in [6, 6.07) is 11.9. The lowest BCUT2D eigenvalue weighted by Crippen LogP contribution is -2.51. The molecule has 1 unspecified atom stereocenters. The third-order valence-corrected chi connectivity index (χ3v) is 12.6. The first-order valence-corrected chi connectivity index (χ1v) is 11.7. The summed E-state index contributed by atoms with van der Waals surface area (Å²) < 4.78 is 2.46. The maximum Gasteiger partial charge on any atom is 0.214 e. The maximum absolute atomic E-state index is 11.3. The molecule has 0 saturated carbocycles. The first-order valence-electron chi connectivity index (χ1n) is 9.56. The van der Waals surface area contributed by atoms with Gasteiger partial charge < -0.3 is 4.23 Å². The molecule has 0 radical (unpaired) electrons. The van der Waals surface area contributed by atoms with Crippen LogP contribution in [0.25, 0.3) is 0 Å². The van der Waals surface area contributed by atoms with Crippen LogP contribution in [-0.4, -0.2) is 23.9 Å². The van der Waals surface area contributed by atoms with Gasteiger partial charge in [-0.3, -0.25) is 10.1 Å². The van der Waals surface area contributed by atoms with E-state index in [-0.39, 0.29) is 17.4 Å². The van der Waals surface area contributed by atoms with E-state index in [2.05, 4.69) is 64.2 Å². The van der Waals surface area contributed by atoms with Crippen LogP contribution in [0.4, 0.5) is 0 Å². The zero-order chi connectivity index (χ0) is 19.5.